The first-order chi connectivity index (χ1) is 14.9. The van der Waals surface area contributed by atoms with Crippen molar-refractivity contribution in [3.63, 3.8) is 0 Å². The number of carbonyl (C=O) groups is 2. The highest BCUT2D eigenvalue weighted by Crippen LogP contribution is 2.32. The van der Waals surface area contributed by atoms with E-state index in [0.717, 1.165) is 5.56 Å². The Balaban J connectivity index is 1.62. The maximum Gasteiger partial charge on any atom is 0.264 e. The summed E-state index contributed by atoms with van der Waals surface area (Å²) in [5.41, 5.74) is 2.48. The molecule has 0 fully saturated rings. The maximum atomic E-state index is 13.3. The van der Waals surface area contributed by atoms with Crippen molar-refractivity contribution in [3.05, 3.63) is 89.5 Å². The molecule has 0 aliphatic carbocycles. The van der Waals surface area contributed by atoms with Gasteiger partial charge in [0.25, 0.3) is 21.8 Å². The molecule has 0 atom stereocenters. The molecule has 0 saturated carbocycles. The Morgan fingerprint density at radius 3 is 2.45 bits per heavy atom. The summed E-state index contributed by atoms with van der Waals surface area (Å²) in [7, 11) is -2.31. The lowest BCUT2D eigenvalue weighted by Crippen LogP contribution is -2.29. The number of benzene rings is 3. The number of hydrogen-bond donors (Lipinski definition) is 2. The van der Waals surface area contributed by atoms with Gasteiger partial charge in [0.2, 0.25) is 0 Å². The van der Waals surface area contributed by atoms with Crippen molar-refractivity contribution in [1.82, 2.24) is 5.32 Å². The summed E-state index contributed by atoms with van der Waals surface area (Å²) < 4.78 is 27.9. The fraction of sp³-hybridized carbons (Fsp3) is 0.130. The predicted molar refractivity (Wildman–Crippen MR) is 119 cm³/mol. The zero-order valence-corrected chi connectivity index (χ0v) is 17.6. The van der Waals surface area contributed by atoms with E-state index in [1.165, 1.54) is 35.6 Å². The molecule has 2 N–H and O–H groups in total. The zero-order valence-electron chi connectivity index (χ0n) is 16.8. The highest BCUT2D eigenvalue weighted by Gasteiger charge is 2.31. The molecule has 3 aromatic carbocycles. The van der Waals surface area contributed by atoms with Crippen LogP contribution < -0.4 is 14.9 Å². The lowest BCUT2D eigenvalue weighted by molar-refractivity contribution is 0.0964. The third-order valence-corrected chi connectivity index (χ3v) is 6.98. The minimum absolute atomic E-state index is 0.0384. The van der Waals surface area contributed by atoms with Gasteiger partial charge < -0.3 is 10.6 Å². The lowest BCUT2D eigenvalue weighted by Gasteiger charge is -2.20. The van der Waals surface area contributed by atoms with Crippen LogP contribution in [0.3, 0.4) is 0 Å². The standard InChI is InChI=1S/C23H21N3O4S/c1-24-23(28)19-10-3-4-11-20(19)25-22(27)17-8-6-9-18(15-17)31(29,30)26-14-13-16-7-2-5-12-21(16)26/h2-12,15H,13-14H2,1H3,(H,24,28)(H,25,27). The molecule has 0 bridgehead atoms. The molecule has 8 heteroatoms. The molecule has 0 saturated heterocycles. The fourth-order valence-electron chi connectivity index (χ4n) is 3.60. The van der Waals surface area contributed by atoms with Crippen LogP contribution in [0.25, 0.3) is 0 Å². The van der Waals surface area contributed by atoms with E-state index in [0.29, 0.717) is 29.9 Å². The predicted octanol–water partition coefficient (Wildman–Crippen LogP) is 3.05. The van der Waals surface area contributed by atoms with Gasteiger partial charge in [-0.1, -0.05) is 36.4 Å². The molecule has 3 aromatic rings. The smallest absolute Gasteiger partial charge is 0.264 e. The number of sulfonamides is 1. The quantitative estimate of drug-likeness (QED) is 0.644. The summed E-state index contributed by atoms with van der Waals surface area (Å²) in [5.74, 6) is -0.838. The number of nitrogens with zero attached hydrogens (tertiary/aromatic N) is 1. The van der Waals surface area contributed by atoms with Gasteiger partial charge >= 0.3 is 0 Å². The molecule has 7 nitrogen and oxygen atoms in total. The summed E-state index contributed by atoms with van der Waals surface area (Å²) in [6.07, 6.45) is 0.645. The van der Waals surface area contributed by atoms with Gasteiger partial charge in [-0.2, -0.15) is 0 Å². The van der Waals surface area contributed by atoms with E-state index in [4.69, 9.17) is 0 Å². The van der Waals surface area contributed by atoms with E-state index in [9.17, 15) is 18.0 Å². The van der Waals surface area contributed by atoms with Gasteiger partial charge in [0.15, 0.2) is 0 Å². The van der Waals surface area contributed by atoms with Gasteiger partial charge in [0.05, 0.1) is 21.8 Å². The topological polar surface area (TPSA) is 95.6 Å². The summed E-state index contributed by atoms with van der Waals surface area (Å²) >= 11 is 0. The minimum Gasteiger partial charge on any atom is -0.355 e. The first-order valence-corrected chi connectivity index (χ1v) is 11.2. The van der Waals surface area contributed by atoms with Crippen LogP contribution in [0.2, 0.25) is 0 Å². The van der Waals surface area contributed by atoms with E-state index in [1.807, 2.05) is 12.1 Å². The molecule has 1 aliphatic heterocycles. The number of nitrogens with one attached hydrogen (secondary N) is 2. The second kappa shape index (κ2) is 8.23. The van der Waals surface area contributed by atoms with Crippen LogP contribution in [0.4, 0.5) is 11.4 Å². The normalized spacial score (nSPS) is 12.9. The fourth-order valence-corrected chi connectivity index (χ4v) is 5.15. The second-order valence-electron chi connectivity index (χ2n) is 7.06. The van der Waals surface area contributed by atoms with Gasteiger partial charge in [-0.15, -0.1) is 0 Å². The van der Waals surface area contributed by atoms with Gasteiger partial charge in [-0.25, -0.2) is 8.42 Å². The molecule has 0 spiro atoms. The Morgan fingerprint density at radius 1 is 0.903 bits per heavy atom. The number of fused-ring (bicyclic) bond motifs is 1. The number of para-hydroxylation sites is 2. The molecule has 31 heavy (non-hydrogen) atoms. The first kappa shape index (κ1) is 20.6. The van der Waals surface area contributed by atoms with Gasteiger partial charge in [0, 0.05) is 19.2 Å². The molecule has 1 aliphatic rings. The van der Waals surface area contributed by atoms with Crippen molar-refractivity contribution in [2.75, 3.05) is 23.2 Å². The number of rotatable bonds is 5. The number of hydrogen-bond acceptors (Lipinski definition) is 4. The first-order valence-electron chi connectivity index (χ1n) is 9.75. The zero-order chi connectivity index (χ0) is 22.0. The van der Waals surface area contributed by atoms with Crippen LogP contribution >= 0.6 is 0 Å². The lowest BCUT2D eigenvalue weighted by atomic mass is 10.1. The van der Waals surface area contributed by atoms with E-state index in [2.05, 4.69) is 10.6 Å². The highest BCUT2D eigenvalue weighted by molar-refractivity contribution is 7.92. The van der Waals surface area contributed by atoms with Crippen LogP contribution in [0.15, 0.2) is 77.7 Å². The van der Waals surface area contributed by atoms with Crippen molar-refractivity contribution < 1.29 is 18.0 Å². The molecular weight excluding hydrogens is 414 g/mol. The van der Waals surface area contributed by atoms with Crippen molar-refractivity contribution in [3.8, 4) is 0 Å². The summed E-state index contributed by atoms with van der Waals surface area (Å²) in [6.45, 7) is 0.359. The number of amides is 2. The Hall–Kier alpha value is -3.65. The monoisotopic (exact) mass is 435 g/mol. The van der Waals surface area contributed by atoms with Crippen molar-refractivity contribution in [1.29, 1.82) is 0 Å². The summed E-state index contributed by atoms with van der Waals surface area (Å²) in [5, 5.41) is 5.23. The van der Waals surface area contributed by atoms with Crippen LogP contribution in [-0.4, -0.2) is 33.8 Å². The third-order valence-electron chi connectivity index (χ3n) is 5.18. The number of anilines is 2. The van der Waals surface area contributed by atoms with Crippen LogP contribution in [-0.2, 0) is 16.4 Å². The second-order valence-corrected chi connectivity index (χ2v) is 8.92. The Morgan fingerprint density at radius 2 is 1.65 bits per heavy atom. The van der Waals surface area contributed by atoms with Crippen LogP contribution in [0, 0.1) is 0 Å². The van der Waals surface area contributed by atoms with Crippen molar-refractivity contribution in [2.45, 2.75) is 11.3 Å². The van der Waals surface area contributed by atoms with Gasteiger partial charge in [0.1, 0.15) is 0 Å². The third kappa shape index (κ3) is 3.89. The van der Waals surface area contributed by atoms with Crippen molar-refractivity contribution >= 4 is 33.2 Å². The molecule has 0 unspecified atom stereocenters. The van der Waals surface area contributed by atoms with Crippen LogP contribution in [0.5, 0.6) is 0 Å². The average molecular weight is 436 g/mol. The number of carbonyl (C=O) groups excluding carboxylic acids is 2. The van der Waals surface area contributed by atoms with Gasteiger partial charge in [-0.05, 0) is 48.4 Å². The molecule has 0 radical (unpaired) electrons. The van der Waals surface area contributed by atoms with E-state index >= 15 is 0 Å². The van der Waals surface area contributed by atoms with E-state index < -0.39 is 15.9 Å². The molecule has 0 aromatic heterocycles. The van der Waals surface area contributed by atoms with Crippen molar-refractivity contribution in [2.24, 2.45) is 0 Å². The van der Waals surface area contributed by atoms with Gasteiger partial charge in [-0.3, -0.25) is 13.9 Å². The highest BCUT2D eigenvalue weighted by atomic mass is 32.2. The largest absolute Gasteiger partial charge is 0.355 e. The SMILES string of the molecule is CNC(=O)c1ccccc1NC(=O)c1cccc(S(=O)(=O)N2CCc3ccccc32)c1. The minimum atomic E-state index is -3.82. The Kier molecular flexibility index (Phi) is 5.48. The molecular formula is C23H21N3O4S. The average Bonchev–Trinajstić information content (AvgIpc) is 3.24. The van der Waals surface area contributed by atoms with E-state index in [-0.39, 0.29) is 16.4 Å². The van der Waals surface area contributed by atoms with Crippen LogP contribution in [0.1, 0.15) is 26.3 Å². The molecule has 4 rings (SSSR count). The Bertz CT molecular complexity index is 1270. The maximum absolute atomic E-state index is 13.3. The Labute approximate surface area is 180 Å². The molecule has 158 valence electrons. The molecule has 1 heterocycles. The summed E-state index contributed by atoms with van der Waals surface area (Å²) in [4.78, 5) is 24.9. The molecule has 2 amide bonds. The summed E-state index contributed by atoms with van der Waals surface area (Å²) in [6, 6.07) is 19.9. The van der Waals surface area contributed by atoms with E-state index in [1.54, 1.807) is 36.4 Å².